The molecule has 0 aromatic heterocycles. The van der Waals surface area contributed by atoms with Crippen molar-refractivity contribution in [2.24, 2.45) is 9.98 Å². The Morgan fingerprint density at radius 1 is 0.731 bits per heavy atom. The smallest absolute Gasteiger partial charge is 0.124 e. The first kappa shape index (κ1) is 20.6. The van der Waals surface area contributed by atoms with E-state index < -0.39 is 11.1 Å². The number of hydrogen-bond acceptors (Lipinski definition) is 4. The fraction of sp³-hybridized carbons (Fsp3) is 0.300. The highest BCUT2D eigenvalue weighted by Gasteiger charge is 2.35. The molecule has 2 aromatic rings. The quantitative estimate of drug-likeness (QED) is 0.536. The lowest BCUT2D eigenvalue weighted by molar-refractivity contribution is 0.317. The number of aromatic hydroxyl groups is 2. The van der Waals surface area contributed by atoms with E-state index in [4.69, 9.17) is 0 Å². The van der Waals surface area contributed by atoms with E-state index in [0.29, 0.717) is 11.1 Å². The van der Waals surface area contributed by atoms with E-state index in [-0.39, 0.29) is 11.5 Å². The summed E-state index contributed by atoms with van der Waals surface area (Å²) in [7, 11) is 0. The monoisotopic (exact) mass is 480 g/mol. The second-order valence-electron chi connectivity index (χ2n) is 7.04. The van der Waals surface area contributed by atoms with E-state index in [9.17, 15) is 10.2 Å². The van der Waals surface area contributed by atoms with Crippen molar-refractivity contribution in [2.75, 3.05) is 0 Å². The largest absolute Gasteiger partial charge is 0.507 e. The zero-order valence-electron chi connectivity index (χ0n) is 15.2. The molecule has 4 nitrogen and oxygen atoms in total. The number of phenols is 2. The van der Waals surface area contributed by atoms with Crippen molar-refractivity contribution in [1.29, 1.82) is 0 Å². The van der Waals surface area contributed by atoms with Gasteiger partial charge in [-0.1, -0.05) is 31.9 Å². The van der Waals surface area contributed by atoms with Crippen LogP contribution in [0.2, 0.25) is 0 Å². The average Bonchev–Trinajstić information content (AvgIpc) is 2.56. The Hall–Kier alpha value is -1.66. The van der Waals surface area contributed by atoms with Gasteiger partial charge in [-0.2, -0.15) is 0 Å². The zero-order valence-corrected chi connectivity index (χ0v) is 18.3. The van der Waals surface area contributed by atoms with Crippen LogP contribution in [0, 0.1) is 0 Å². The summed E-state index contributed by atoms with van der Waals surface area (Å²) < 4.78 is 1.74. The van der Waals surface area contributed by atoms with E-state index in [1.807, 2.05) is 39.8 Å². The second kappa shape index (κ2) is 7.92. The number of halogens is 2. The fourth-order valence-corrected chi connectivity index (χ4v) is 2.79. The molecular weight excluding hydrogens is 460 g/mol. The molecule has 0 fully saturated rings. The molecule has 138 valence electrons. The highest BCUT2D eigenvalue weighted by atomic mass is 79.9. The van der Waals surface area contributed by atoms with Crippen molar-refractivity contribution in [2.45, 2.75) is 38.8 Å². The number of rotatable bonds is 5. The Labute approximate surface area is 171 Å². The van der Waals surface area contributed by atoms with Gasteiger partial charge in [0, 0.05) is 32.5 Å². The molecule has 0 radical (unpaired) electrons. The normalized spacial score (nSPS) is 13.0. The van der Waals surface area contributed by atoms with Gasteiger partial charge in [-0.15, -0.1) is 0 Å². The third-order valence-corrected chi connectivity index (χ3v) is 5.52. The van der Waals surface area contributed by atoms with Gasteiger partial charge in [0.25, 0.3) is 0 Å². The van der Waals surface area contributed by atoms with Crippen LogP contribution in [-0.4, -0.2) is 33.7 Å². The molecule has 0 spiro atoms. The maximum Gasteiger partial charge on any atom is 0.124 e. The van der Waals surface area contributed by atoms with Crippen LogP contribution in [0.15, 0.2) is 55.3 Å². The minimum atomic E-state index is -0.542. The summed E-state index contributed by atoms with van der Waals surface area (Å²) >= 11 is 6.79. The van der Waals surface area contributed by atoms with Gasteiger partial charge in [-0.05, 0) is 64.1 Å². The Balaban J connectivity index is 2.28. The predicted octanol–water partition coefficient (Wildman–Crippen LogP) is 5.72. The van der Waals surface area contributed by atoms with Crippen LogP contribution in [0.5, 0.6) is 11.5 Å². The van der Waals surface area contributed by atoms with Gasteiger partial charge in [0.1, 0.15) is 11.5 Å². The Morgan fingerprint density at radius 2 is 1.08 bits per heavy atom. The molecule has 0 aliphatic rings. The summed E-state index contributed by atoms with van der Waals surface area (Å²) in [6.07, 6.45) is 3.32. The molecule has 2 rings (SSSR count). The number of nitrogens with zero attached hydrogens (tertiary/aromatic N) is 2. The molecule has 0 aliphatic carbocycles. The summed E-state index contributed by atoms with van der Waals surface area (Å²) in [6, 6.07) is 10.4. The molecule has 2 N–H and O–H groups in total. The lowest BCUT2D eigenvalue weighted by atomic mass is 9.83. The van der Waals surface area contributed by atoms with Crippen LogP contribution < -0.4 is 0 Å². The van der Waals surface area contributed by atoms with Crippen LogP contribution in [-0.2, 0) is 0 Å². The lowest BCUT2D eigenvalue weighted by Crippen LogP contribution is -2.42. The Kier molecular flexibility index (Phi) is 6.29. The van der Waals surface area contributed by atoms with E-state index in [1.165, 1.54) is 0 Å². The molecule has 0 atom stereocenters. The molecule has 0 unspecified atom stereocenters. The van der Waals surface area contributed by atoms with Gasteiger partial charge in [-0.25, -0.2) is 0 Å². The first-order chi connectivity index (χ1) is 12.0. The van der Waals surface area contributed by atoms with Crippen LogP contribution >= 0.6 is 31.9 Å². The topological polar surface area (TPSA) is 65.2 Å². The predicted molar refractivity (Wildman–Crippen MR) is 115 cm³/mol. The Bertz CT molecular complexity index is 787. The van der Waals surface area contributed by atoms with Crippen molar-refractivity contribution in [1.82, 2.24) is 0 Å². The summed E-state index contributed by atoms with van der Waals surface area (Å²) in [5.41, 5.74) is 0.188. The molecular formula is C20H22Br2N2O2. The van der Waals surface area contributed by atoms with Crippen molar-refractivity contribution >= 4 is 44.3 Å². The van der Waals surface area contributed by atoms with Crippen molar-refractivity contribution in [3.8, 4) is 11.5 Å². The standard InChI is InChI=1S/C20H22Br2N2O2/c1-19(2,23-11-13-9-15(21)5-7-17(13)25)20(3,4)24-12-14-10-16(22)6-8-18(14)26/h5-12,25-26H,1-4H3. The van der Waals surface area contributed by atoms with Gasteiger partial charge >= 0.3 is 0 Å². The molecule has 0 bridgehead atoms. The summed E-state index contributed by atoms with van der Waals surface area (Å²) in [5, 5.41) is 19.9. The molecule has 0 heterocycles. The van der Waals surface area contributed by atoms with E-state index in [0.717, 1.165) is 8.95 Å². The third kappa shape index (κ3) is 4.95. The maximum atomic E-state index is 9.97. The molecule has 6 heteroatoms. The van der Waals surface area contributed by atoms with E-state index >= 15 is 0 Å². The van der Waals surface area contributed by atoms with Crippen molar-refractivity contribution < 1.29 is 10.2 Å². The Morgan fingerprint density at radius 3 is 1.42 bits per heavy atom. The number of hydrogen-bond donors (Lipinski definition) is 2. The first-order valence-electron chi connectivity index (χ1n) is 8.09. The molecule has 0 saturated carbocycles. The summed E-state index contributed by atoms with van der Waals surface area (Å²) in [4.78, 5) is 9.32. The average molecular weight is 482 g/mol. The zero-order chi connectivity index (χ0) is 19.5. The SMILES string of the molecule is CC(C)(N=Cc1cc(Br)ccc1O)C(C)(C)N=Cc1cc(Br)ccc1O. The number of phenolic OH excluding ortho intramolecular Hbond substituents is 2. The van der Waals surface area contributed by atoms with Crippen LogP contribution in [0.3, 0.4) is 0 Å². The van der Waals surface area contributed by atoms with Gasteiger partial charge in [0.15, 0.2) is 0 Å². The fourth-order valence-electron chi connectivity index (χ4n) is 2.04. The van der Waals surface area contributed by atoms with E-state index in [2.05, 4.69) is 41.8 Å². The highest BCUT2D eigenvalue weighted by molar-refractivity contribution is 9.10. The van der Waals surface area contributed by atoms with Gasteiger partial charge in [0.2, 0.25) is 0 Å². The second-order valence-corrected chi connectivity index (χ2v) is 8.87. The molecule has 0 amide bonds. The maximum absolute atomic E-state index is 9.97. The van der Waals surface area contributed by atoms with Crippen molar-refractivity contribution in [3.63, 3.8) is 0 Å². The van der Waals surface area contributed by atoms with Crippen LogP contribution in [0.1, 0.15) is 38.8 Å². The molecule has 2 aromatic carbocycles. The minimum absolute atomic E-state index is 0.174. The number of aliphatic imine (C=N–C) groups is 2. The van der Waals surface area contributed by atoms with Crippen LogP contribution in [0.4, 0.5) is 0 Å². The van der Waals surface area contributed by atoms with Gasteiger partial charge in [-0.3, -0.25) is 9.98 Å². The lowest BCUT2D eigenvalue weighted by Gasteiger charge is -2.35. The summed E-state index contributed by atoms with van der Waals surface area (Å²) in [5.74, 6) is 0.348. The van der Waals surface area contributed by atoms with Gasteiger partial charge < -0.3 is 10.2 Å². The van der Waals surface area contributed by atoms with Crippen molar-refractivity contribution in [3.05, 3.63) is 56.5 Å². The summed E-state index contributed by atoms with van der Waals surface area (Å²) in [6.45, 7) is 7.93. The number of benzene rings is 2. The van der Waals surface area contributed by atoms with Crippen LogP contribution in [0.25, 0.3) is 0 Å². The molecule has 26 heavy (non-hydrogen) atoms. The molecule has 0 aliphatic heterocycles. The van der Waals surface area contributed by atoms with Gasteiger partial charge in [0.05, 0.1) is 11.1 Å². The van der Waals surface area contributed by atoms with E-state index in [1.54, 1.807) is 36.7 Å². The highest BCUT2D eigenvalue weighted by Crippen LogP contribution is 2.31. The third-order valence-electron chi connectivity index (χ3n) is 4.53. The molecule has 0 saturated heterocycles. The minimum Gasteiger partial charge on any atom is -0.507 e. The first-order valence-corrected chi connectivity index (χ1v) is 9.68.